The van der Waals surface area contributed by atoms with Crippen LogP contribution >= 0.6 is 0 Å². The largest absolute Gasteiger partial charge is 0.481 e. The Hall–Kier alpha value is -4.06. The van der Waals surface area contributed by atoms with E-state index in [0.29, 0.717) is 23.4 Å². The van der Waals surface area contributed by atoms with E-state index in [9.17, 15) is 9.59 Å². The lowest BCUT2D eigenvalue weighted by Crippen LogP contribution is -2.32. The number of hydrogen-bond donors (Lipinski definition) is 1. The van der Waals surface area contributed by atoms with Crippen molar-refractivity contribution in [1.82, 2.24) is 9.97 Å². The lowest BCUT2D eigenvalue weighted by atomic mass is 10.1. The van der Waals surface area contributed by atoms with Gasteiger partial charge in [-0.3, -0.25) is 14.6 Å². The number of nitrogens with zero attached hydrogens (tertiary/aromatic N) is 2. The van der Waals surface area contributed by atoms with Gasteiger partial charge in [-0.25, -0.2) is 4.98 Å². The van der Waals surface area contributed by atoms with Gasteiger partial charge in [0.1, 0.15) is 5.75 Å². The van der Waals surface area contributed by atoms with Gasteiger partial charge in [0, 0.05) is 16.8 Å². The first-order chi connectivity index (χ1) is 15.5. The molecule has 0 aliphatic carbocycles. The molecule has 1 atom stereocenters. The van der Waals surface area contributed by atoms with Crippen LogP contribution in [-0.4, -0.2) is 27.8 Å². The average molecular weight is 425 g/mol. The van der Waals surface area contributed by atoms with Gasteiger partial charge in [0.05, 0.1) is 22.9 Å². The Morgan fingerprint density at radius 2 is 1.62 bits per heavy atom. The number of hydrogen-bond acceptors (Lipinski definition) is 5. The number of Topliss-reactive ketones (excluding diaryl/α,β-unsaturated/α-hetero) is 1. The molecule has 1 N–H and O–H groups in total. The van der Waals surface area contributed by atoms with Crippen LogP contribution < -0.4 is 10.1 Å². The minimum Gasteiger partial charge on any atom is -0.481 e. The summed E-state index contributed by atoms with van der Waals surface area (Å²) < 4.78 is 5.92. The van der Waals surface area contributed by atoms with Gasteiger partial charge in [-0.15, -0.1) is 0 Å². The maximum absolute atomic E-state index is 12.7. The summed E-state index contributed by atoms with van der Waals surface area (Å²) in [4.78, 5) is 33.2. The van der Waals surface area contributed by atoms with Crippen LogP contribution in [0.1, 0.15) is 30.6 Å². The Balaban J connectivity index is 1.43. The number of para-hydroxylation sites is 2. The van der Waals surface area contributed by atoms with Gasteiger partial charge in [-0.1, -0.05) is 19.1 Å². The average Bonchev–Trinajstić information content (AvgIpc) is 2.83. The highest BCUT2D eigenvalue weighted by Gasteiger charge is 2.19. The Bertz CT molecular complexity index is 1250. The smallest absolute Gasteiger partial charge is 0.265 e. The van der Waals surface area contributed by atoms with Crippen molar-refractivity contribution in [2.24, 2.45) is 0 Å². The van der Waals surface area contributed by atoms with E-state index in [0.717, 1.165) is 22.3 Å². The van der Waals surface area contributed by atoms with E-state index in [1.165, 1.54) is 6.92 Å². The van der Waals surface area contributed by atoms with Crippen LogP contribution in [-0.2, 0) is 4.79 Å². The number of aromatic nitrogens is 2. The lowest BCUT2D eigenvalue weighted by Gasteiger charge is -2.17. The highest BCUT2D eigenvalue weighted by Crippen LogP contribution is 2.23. The minimum absolute atomic E-state index is 0.0178. The molecular weight excluding hydrogens is 402 g/mol. The van der Waals surface area contributed by atoms with Gasteiger partial charge >= 0.3 is 0 Å². The van der Waals surface area contributed by atoms with E-state index in [2.05, 4.69) is 15.3 Å². The topological polar surface area (TPSA) is 81.2 Å². The molecule has 4 aromatic rings. The molecule has 0 aliphatic heterocycles. The van der Waals surface area contributed by atoms with Gasteiger partial charge in [0.2, 0.25) is 0 Å². The summed E-state index contributed by atoms with van der Waals surface area (Å²) in [5.41, 5.74) is 4.59. The van der Waals surface area contributed by atoms with Crippen LogP contribution in [0, 0.1) is 0 Å². The number of ether oxygens (including phenoxy) is 1. The molecule has 0 radical (unpaired) electrons. The SMILES string of the molecule is CCC(Oc1ccc(-c2cnc3ccccc3n2)cc1)C(=O)Nc1ccc(C(C)=O)cc1. The molecule has 3 aromatic carbocycles. The van der Waals surface area contributed by atoms with Gasteiger partial charge < -0.3 is 10.1 Å². The van der Waals surface area contributed by atoms with Crippen molar-refractivity contribution in [2.75, 3.05) is 5.32 Å². The molecule has 1 aromatic heterocycles. The Labute approximate surface area is 186 Å². The Morgan fingerprint density at radius 3 is 2.28 bits per heavy atom. The molecule has 4 rings (SSSR count). The fourth-order valence-electron chi connectivity index (χ4n) is 3.30. The van der Waals surface area contributed by atoms with E-state index >= 15 is 0 Å². The third kappa shape index (κ3) is 4.81. The Morgan fingerprint density at radius 1 is 0.938 bits per heavy atom. The summed E-state index contributed by atoms with van der Waals surface area (Å²) in [7, 11) is 0. The first-order valence-electron chi connectivity index (χ1n) is 10.4. The molecule has 0 saturated carbocycles. The van der Waals surface area contributed by atoms with Gasteiger partial charge in [-0.05, 0) is 74.0 Å². The molecule has 1 unspecified atom stereocenters. The van der Waals surface area contributed by atoms with Crippen molar-refractivity contribution in [3.8, 4) is 17.0 Å². The van der Waals surface area contributed by atoms with Crippen molar-refractivity contribution in [2.45, 2.75) is 26.4 Å². The van der Waals surface area contributed by atoms with E-state index in [-0.39, 0.29) is 11.7 Å². The number of rotatable bonds is 7. The number of ketones is 1. The third-order valence-electron chi connectivity index (χ3n) is 5.10. The van der Waals surface area contributed by atoms with Crippen molar-refractivity contribution < 1.29 is 14.3 Å². The standard InChI is InChI=1S/C26H23N3O3/c1-3-25(26(31)28-20-12-8-18(9-13-20)17(2)30)32-21-14-10-19(11-15-21)24-16-27-22-6-4-5-7-23(22)29-24/h4-16,25H,3H2,1-2H3,(H,28,31). The van der Waals surface area contributed by atoms with Crippen LogP contribution in [0.2, 0.25) is 0 Å². The summed E-state index contributed by atoms with van der Waals surface area (Å²) in [6.45, 7) is 3.40. The van der Waals surface area contributed by atoms with Crippen LogP contribution in [0.25, 0.3) is 22.3 Å². The van der Waals surface area contributed by atoms with Crippen molar-refractivity contribution in [3.05, 3.63) is 84.6 Å². The van der Waals surface area contributed by atoms with E-state index in [1.807, 2.05) is 55.5 Å². The van der Waals surface area contributed by atoms with Crippen LogP contribution in [0.15, 0.2) is 79.0 Å². The number of carbonyl (C=O) groups excluding carboxylic acids is 2. The number of carbonyl (C=O) groups is 2. The lowest BCUT2D eigenvalue weighted by molar-refractivity contribution is -0.122. The fraction of sp³-hybridized carbons (Fsp3) is 0.154. The third-order valence-corrected chi connectivity index (χ3v) is 5.10. The maximum atomic E-state index is 12.7. The highest BCUT2D eigenvalue weighted by atomic mass is 16.5. The number of fused-ring (bicyclic) bond motifs is 1. The van der Waals surface area contributed by atoms with Gasteiger partial charge in [0.15, 0.2) is 11.9 Å². The molecule has 32 heavy (non-hydrogen) atoms. The minimum atomic E-state index is -0.645. The van der Waals surface area contributed by atoms with Gasteiger partial charge in [-0.2, -0.15) is 0 Å². The number of amides is 1. The zero-order valence-corrected chi connectivity index (χ0v) is 17.9. The summed E-state index contributed by atoms with van der Waals surface area (Å²) in [6, 6.07) is 22.0. The van der Waals surface area contributed by atoms with E-state index in [1.54, 1.807) is 30.5 Å². The van der Waals surface area contributed by atoms with Gasteiger partial charge in [0.25, 0.3) is 5.91 Å². The summed E-state index contributed by atoms with van der Waals surface area (Å²) in [5.74, 6) is 0.333. The molecule has 0 aliphatic rings. The predicted molar refractivity (Wildman–Crippen MR) is 125 cm³/mol. The first kappa shape index (κ1) is 21.2. The highest BCUT2D eigenvalue weighted by molar-refractivity contribution is 5.96. The summed E-state index contributed by atoms with van der Waals surface area (Å²) in [6.07, 6.45) is 1.61. The molecule has 160 valence electrons. The Kier molecular flexibility index (Phi) is 6.22. The zero-order chi connectivity index (χ0) is 22.5. The summed E-state index contributed by atoms with van der Waals surface area (Å²) >= 11 is 0. The first-order valence-corrected chi connectivity index (χ1v) is 10.4. The molecule has 1 amide bonds. The van der Waals surface area contributed by atoms with Crippen molar-refractivity contribution in [1.29, 1.82) is 0 Å². The quantitative estimate of drug-likeness (QED) is 0.407. The van der Waals surface area contributed by atoms with Crippen LogP contribution in [0.3, 0.4) is 0 Å². The molecule has 1 heterocycles. The molecule has 0 bridgehead atoms. The molecule has 0 fully saturated rings. The summed E-state index contributed by atoms with van der Waals surface area (Å²) in [5, 5.41) is 2.84. The number of nitrogens with one attached hydrogen (secondary N) is 1. The molecule has 6 nitrogen and oxygen atoms in total. The fourth-order valence-corrected chi connectivity index (χ4v) is 3.30. The number of anilines is 1. The molecular formula is C26H23N3O3. The monoisotopic (exact) mass is 425 g/mol. The van der Waals surface area contributed by atoms with Crippen molar-refractivity contribution in [3.63, 3.8) is 0 Å². The second-order valence-corrected chi connectivity index (χ2v) is 7.41. The maximum Gasteiger partial charge on any atom is 0.265 e. The second kappa shape index (κ2) is 9.39. The van der Waals surface area contributed by atoms with Crippen molar-refractivity contribution >= 4 is 28.4 Å². The van der Waals surface area contributed by atoms with E-state index < -0.39 is 6.10 Å². The molecule has 6 heteroatoms. The zero-order valence-electron chi connectivity index (χ0n) is 17.9. The normalized spacial score (nSPS) is 11.7. The van der Waals surface area contributed by atoms with E-state index in [4.69, 9.17) is 4.74 Å². The molecule has 0 saturated heterocycles. The molecule has 0 spiro atoms. The second-order valence-electron chi connectivity index (χ2n) is 7.41. The van der Waals surface area contributed by atoms with Crippen LogP contribution in [0.5, 0.6) is 5.75 Å². The van der Waals surface area contributed by atoms with Crippen LogP contribution in [0.4, 0.5) is 5.69 Å². The number of benzene rings is 3. The predicted octanol–water partition coefficient (Wildman–Crippen LogP) is 5.30.